The summed E-state index contributed by atoms with van der Waals surface area (Å²) < 4.78 is 6.57. The maximum absolute atomic E-state index is 10.1. The third kappa shape index (κ3) is 4.39. The molecule has 4 fully saturated rings. The molecule has 1 aromatic rings. The standard InChI is InChI=1S/C22H34NO2.HI/c1-23(2,3)14-20(24)15-25-21-6-4-19(5-7-21)22-11-16-8-17(12-22)10-18(9-16)13-22;/h4-7,16-18,20,24H,8-15H2,1-3H3;1H/q+1;/p-1. The molecule has 146 valence electrons. The SMILES string of the molecule is C[N+](C)(C)CC(O)COc1ccc(C23CC4CC(CC(C4)C2)C3)cc1.[I-]. The first kappa shape index (κ1) is 20.4. The van der Waals surface area contributed by atoms with Crippen molar-refractivity contribution in [3.63, 3.8) is 0 Å². The van der Waals surface area contributed by atoms with Crippen molar-refractivity contribution in [3.8, 4) is 5.75 Å². The van der Waals surface area contributed by atoms with Crippen molar-refractivity contribution in [3.05, 3.63) is 29.8 Å². The molecular formula is C22H34INO2. The highest BCUT2D eigenvalue weighted by Crippen LogP contribution is 2.60. The third-order valence-corrected chi connectivity index (χ3v) is 6.71. The largest absolute Gasteiger partial charge is 1.00 e. The van der Waals surface area contributed by atoms with Crippen molar-refractivity contribution in [2.75, 3.05) is 34.3 Å². The molecule has 26 heavy (non-hydrogen) atoms. The highest BCUT2D eigenvalue weighted by Gasteiger charge is 2.51. The Morgan fingerprint density at radius 1 is 1.00 bits per heavy atom. The van der Waals surface area contributed by atoms with Gasteiger partial charge >= 0.3 is 0 Å². The van der Waals surface area contributed by atoms with Crippen LogP contribution in [-0.4, -0.2) is 50.0 Å². The first-order chi connectivity index (χ1) is 11.8. The summed E-state index contributed by atoms with van der Waals surface area (Å²) in [6, 6.07) is 8.84. The minimum Gasteiger partial charge on any atom is -1.00 e. The number of aliphatic hydroxyl groups is 1. The zero-order chi connectivity index (χ0) is 17.7. The summed E-state index contributed by atoms with van der Waals surface area (Å²) in [5.41, 5.74) is 1.99. The van der Waals surface area contributed by atoms with E-state index in [1.54, 1.807) is 0 Å². The van der Waals surface area contributed by atoms with Crippen LogP contribution in [0.15, 0.2) is 24.3 Å². The van der Waals surface area contributed by atoms with E-state index >= 15 is 0 Å². The average molecular weight is 471 g/mol. The number of quaternary nitrogens is 1. The van der Waals surface area contributed by atoms with Crippen LogP contribution in [0.5, 0.6) is 5.75 Å². The lowest BCUT2D eigenvalue weighted by atomic mass is 9.48. The van der Waals surface area contributed by atoms with Gasteiger partial charge in [-0.2, -0.15) is 0 Å². The summed E-state index contributed by atoms with van der Waals surface area (Å²) in [5, 5.41) is 10.1. The maximum Gasteiger partial charge on any atom is 0.137 e. The Hall–Kier alpha value is -0.330. The lowest BCUT2D eigenvalue weighted by Gasteiger charge is -2.57. The number of halogens is 1. The van der Waals surface area contributed by atoms with Gasteiger partial charge in [-0.3, -0.25) is 0 Å². The van der Waals surface area contributed by atoms with Gasteiger partial charge in [0, 0.05) is 0 Å². The highest BCUT2D eigenvalue weighted by atomic mass is 127. The molecule has 0 radical (unpaired) electrons. The fraction of sp³-hybridized carbons (Fsp3) is 0.727. The normalized spacial score (nSPS) is 33.6. The summed E-state index contributed by atoms with van der Waals surface area (Å²) in [7, 11) is 6.26. The predicted molar refractivity (Wildman–Crippen MR) is 101 cm³/mol. The Bertz CT molecular complexity index is 572. The quantitative estimate of drug-likeness (QED) is 0.487. The topological polar surface area (TPSA) is 29.5 Å². The van der Waals surface area contributed by atoms with Crippen LogP contribution in [0.25, 0.3) is 0 Å². The molecule has 1 unspecified atom stereocenters. The van der Waals surface area contributed by atoms with E-state index in [-0.39, 0.29) is 24.0 Å². The second-order valence-electron chi connectivity index (χ2n) is 10.2. The van der Waals surface area contributed by atoms with Crippen LogP contribution in [-0.2, 0) is 5.41 Å². The van der Waals surface area contributed by atoms with Crippen molar-refractivity contribution < 1.29 is 38.3 Å². The van der Waals surface area contributed by atoms with Gasteiger partial charge in [-0.15, -0.1) is 0 Å². The molecule has 3 nitrogen and oxygen atoms in total. The molecule has 5 rings (SSSR count). The maximum atomic E-state index is 10.1. The molecule has 0 spiro atoms. The van der Waals surface area contributed by atoms with Crippen LogP contribution in [0.4, 0.5) is 0 Å². The molecule has 1 atom stereocenters. The highest BCUT2D eigenvalue weighted by molar-refractivity contribution is 5.34. The van der Waals surface area contributed by atoms with Gasteiger partial charge in [-0.05, 0) is 79.4 Å². The fourth-order valence-electron chi connectivity index (χ4n) is 6.25. The number of hydrogen-bond acceptors (Lipinski definition) is 2. The first-order valence-corrected chi connectivity index (χ1v) is 10.0. The average Bonchev–Trinajstić information content (AvgIpc) is 2.50. The van der Waals surface area contributed by atoms with E-state index in [9.17, 15) is 5.11 Å². The van der Waals surface area contributed by atoms with Gasteiger partial charge in [0.1, 0.15) is 25.0 Å². The number of rotatable bonds is 6. The van der Waals surface area contributed by atoms with Gasteiger partial charge in [-0.1, -0.05) is 12.1 Å². The smallest absolute Gasteiger partial charge is 0.137 e. The van der Waals surface area contributed by atoms with E-state index in [1.807, 2.05) is 0 Å². The lowest BCUT2D eigenvalue weighted by Crippen LogP contribution is -3.00. The van der Waals surface area contributed by atoms with Gasteiger partial charge in [-0.25, -0.2) is 0 Å². The Kier molecular flexibility index (Phi) is 5.96. The van der Waals surface area contributed by atoms with Crippen LogP contribution in [0.2, 0.25) is 0 Å². The van der Waals surface area contributed by atoms with Crippen molar-refractivity contribution in [1.82, 2.24) is 0 Å². The molecule has 0 heterocycles. The van der Waals surface area contributed by atoms with E-state index < -0.39 is 6.10 Å². The van der Waals surface area contributed by atoms with Gasteiger partial charge in [0.25, 0.3) is 0 Å². The molecule has 0 aromatic heterocycles. The number of hydrogen-bond donors (Lipinski definition) is 1. The molecule has 1 N–H and O–H groups in total. The molecule has 4 bridgehead atoms. The van der Waals surface area contributed by atoms with Gasteiger partial charge in [0.2, 0.25) is 0 Å². The van der Waals surface area contributed by atoms with E-state index in [0.717, 1.165) is 28.0 Å². The monoisotopic (exact) mass is 471 g/mol. The summed E-state index contributed by atoms with van der Waals surface area (Å²) in [4.78, 5) is 0. The van der Waals surface area contributed by atoms with Crippen molar-refractivity contribution in [2.24, 2.45) is 17.8 Å². The molecule has 4 saturated carbocycles. The van der Waals surface area contributed by atoms with Crippen molar-refractivity contribution in [1.29, 1.82) is 0 Å². The molecule has 0 aliphatic heterocycles. The lowest BCUT2D eigenvalue weighted by molar-refractivity contribution is -0.873. The van der Waals surface area contributed by atoms with Gasteiger partial charge < -0.3 is 38.3 Å². The minimum absolute atomic E-state index is 0. The molecular weight excluding hydrogens is 437 g/mol. The van der Waals surface area contributed by atoms with E-state index in [2.05, 4.69) is 45.4 Å². The summed E-state index contributed by atoms with van der Waals surface area (Å²) in [6.45, 7) is 1.07. The zero-order valence-corrected chi connectivity index (χ0v) is 18.6. The van der Waals surface area contributed by atoms with Gasteiger partial charge in [0.05, 0.1) is 21.1 Å². The van der Waals surface area contributed by atoms with E-state index in [4.69, 9.17) is 4.74 Å². The van der Waals surface area contributed by atoms with E-state index in [0.29, 0.717) is 18.6 Å². The van der Waals surface area contributed by atoms with Crippen LogP contribution in [0.3, 0.4) is 0 Å². The number of benzene rings is 1. The molecule has 4 heteroatoms. The second kappa shape index (κ2) is 7.59. The minimum atomic E-state index is -0.428. The Labute approximate surface area is 175 Å². The zero-order valence-electron chi connectivity index (χ0n) is 16.5. The molecule has 4 aliphatic rings. The number of ether oxygens (including phenoxy) is 1. The molecule has 0 amide bonds. The third-order valence-electron chi connectivity index (χ3n) is 6.71. The second-order valence-corrected chi connectivity index (χ2v) is 10.2. The summed E-state index contributed by atoms with van der Waals surface area (Å²) in [5.74, 6) is 3.82. The summed E-state index contributed by atoms with van der Waals surface area (Å²) >= 11 is 0. The van der Waals surface area contributed by atoms with E-state index in [1.165, 1.54) is 44.1 Å². The number of nitrogens with zero attached hydrogens (tertiary/aromatic N) is 1. The van der Waals surface area contributed by atoms with Crippen LogP contribution in [0, 0.1) is 17.8 Å². The molecule has 4 aliphatic carbocycles. The van der Waals surface area contributed by atoms with Gasteiger partial charge in [0.15, 0.2) is 0 Å². The Morgan fingerprint density at radius 3 is 1.96 bits per heavy atom. The summed E-state index contributed by atoms with van der Waals surface area (Å²) in [6.07, 6.45) is 8.26. The Morgan fingerprint density at radius 2 is 1.50 bits per heavy atom. The number of aliphatic hydroxyl groups excluding tert-OH is 1. The Balaban J connectivity index is 0.00000196. The van der Waals surface area contributed by atoms with Crippen LogP contribution in [0.1, 0.15) is 44.1 Å². The van der Waals surface area contributed by atoms with Crippen molar-refractivity contribution >= 4 is 0 Å². The molecule has 1 aromatic carbocycles. The predicted octanol–water partition coefficient (Wildman–Crippen LogP) is 0.604. The first-order valence-electron chi connectivity index (χ1n) is 10.0. The van der Waals surface area contributed by atoms with Crippen LogP contribution >= 0.6 is 0 Å². The number of likely N-dealkylation sites (N-methyl/N-ethyl adjacent to an activating group) is 1. The molecule has 0 saturated heterocycles. The van der Waals surface area contributed by atoms with Crippen molar-refractivity contribution in [2.45, 2.75) is 50.0 Å². The van der Waals surface area contributed by atoms with Crippen LogP contribution < -0.4 is 28.7 Å². The fourth-order valence-corrected chi connectivity index (χ4v) is 6.25.